The number of aliphatic hydroxyl groups excluding tert-OH is 2. The highest BCUT2D eigenvalue weighted by Gasteiger charge is 2.36. The Bertz CT molecular complexity index is 1900. The van der Waals surface area contributed by atoms with Gasteiger partial charge in [-0.25, -0.2) is 0 Å². The number of rotatable bonds is 27. The number of unbranched alkanes of at least 4 members (excludes halogenated alkanes) is 4. The van der Waals surface area contributed by atoms with Crippen LogP contribution in [0.3, 0.4) is 0 Å². The molecule has 0 spiro atoms. The summed E-state index contributed by atoms with van der Waals surface area (Å²) in [6.07, 6.45) is 1.90. The third-order valence-corrected chi connectivity index (χ3v) is 12.0. The fourth-order valence-corrected chi connectivity index (χ4v) is 7.78. The molecule has 434 valence electrons. The highest BCUT2D eigenvalue weighted by Crippen LogP contribution is 2.09. The maximum absolute atomic E-state index is 14.1. The number of aliphatic hydroxyl groups is 2. The van der Waals surface area contributed by atoms with Gasteiger partial charge in [-0.2, -0.15) is 0 Å². The largest absolute Gasteiger partial charge is 0.394 e. The monoisotopic (exact) mass is 1080 g/mol. The van der Waals surface area contributed by atoms with E-state index in [1.165, 1.54) is 6.92 Å². The van der Waals surface area contributed by atoms with Crippen LogP contribution in [-0.4, -0.2) is 188 Å². The number of carbonyl (C=O) groups is 11. The first-order valence-electron chi connectivity index (χ1n) is 26.2. The van der Waals surface area contributed by atoms with Crippen LogP contribution in [0.25, 0.3) is 0 Å². The van der Waals surface area contributed by atoms with Crippen molar-refractivity contribution in [3.63, 3.8) is 0 Å². The second kappa shape index (κ2) is 37.6. The number of carbonyl (C=O) groups excluding carboxylic acids is 11. The molecule has 29 heteroatoms. The fourth-order valence-electron chi connectivity index (χ4n) is 7.78. The lowest BCUT2D eigenvalue weighted by Crippen LogP contribution is -2.61. The van der Waals surface area contributed by atoms with Crippen molar-refractivity contribution in [1.29, 1.82) is 0 Å². The number of nitrogens with one attached hydrogen (secondary N) is 11. The van der Waals surface area contributed by atoms with Crippen LogP contribution in [0, 0.1) is 5.92 Å². The van der Waals surface area contributed by atoms with Crippen LogP contribution in [0.1, 0.15) is 111 Å². The summed E-state index contributed by atoms with van der Waals surface area (Å²) in [5.41, 5.74) is 28.8. The molecule has 0 aliphatic carbocycles. The van der Waals surface area contributed by atoms with E-state index >= 15 is 0 Å². The molecule has 0 aromatic heterocycles. The Morgan fingerprint density at radius 3 is 1.59 bits per heavy atom. The SMILES string of the molecule is CCCCCCCC(=O)N[C@@H](CCN)C(=O)N[C@H](C(=O)N[C@@H](CCN)C(=O)N[C@H]1CCNC(=O)[C@H](CO)NC(=O)[C@H](CCN)NC(=O)[C@H](CCN)NC(=O)[C@H](CC(C)C)NC(=O)CNC(=O)[C@H](CCN)NC1=O)[C@@H](C)O. The Balaban J connectivity index is 3.61. The Morgan fingerprint density at radius 2 is 1.08 bits per heavy atom. The van der Waals surface area contributed by atoms with Gasteiger partial charge in [0.25, 0.3) is 0 Å². The van der Waals surface area contributed by atoms with Crippen LogP contribution in [-0.2, 0) is 52.7 Å². The Labute approximate surface area is 444 Å². The van der Waals surface area contributed by atoms with Gasteiger partial charge in [0, 0.05) is 13.0 Å². The van der Waals surface area contributed by atoms with Crippen LogP contribution in [0.2, 0.25) is 0 Å². The molecular weight excluding hydrogens is 997 g/mol. The summed E-state index contributed by atoms with van der Waals surface area (Å²) in [6.45, 7) is 4.08. The quantitative estimate of drug-likeness (QED) is 0.0340. The third-order valence-electron chi connectivity index (χ3n) is 12.0. The lowest BCUT2D eigenvalue weighted by molar-refractivity contribution is -0.136. The van der Waals surface area contributed by atoms with Crippen molar-refractivity contribution in [2.75, 3.05) is 52.4 Å². The standard InChI is InChI=1S/C47H88N16O13/c1-5-6-7-8-9-10-36(66)55-29(12-18-49)45(74)63-38(27(4)65)47(76)61-32(15-21-52)42(71)60-33-16-22-53-40(69)35(25-64)62-43(72)31(14-20-51)58-41(70)30(13-19-50)59-46(75)34(23-26(2)3)56-37(67)24-54-39(68)28(11-17-48)57-44(33)73/h26-35,38,64-65H,5-25,48-52H2,1-4H3,(H,53,69)(H,54,68)(H,55,66)(H,56,67)(H,57,73)(H,58,70)(H,59,75)(H,60,71)(H,61,76)(H,62,72)(H,63,74)/t27-,28+,29+,30+,31+,32+,33+,34+,35+,38+/m1/s1. The molecule has 23 N–H and O–H groups in total. The van der Waals surface area contributed by atoms with E-state index in [1.54, 1.807) is 13.8 Å². The first-order valence-corrected chi connectivity index (χ1v) is 26.2. The predicted molar refractivity (Wildman–Crippen MR) is 278 cm³/mol. The normalized spacial score (nSPS) is 22.4. The van der Waals surface area contributed by atoms with Crippen molar-refractivity contribution in [3.8, 4) is 0 Å². The van der Waals surface area contributed by atoms with Crippen LogP contribution < -0.4 is 87.2 Å². The smallest absolute Gasteiger partial charge is 0.245 e. The molecule has 0 aromatic rings. The molecule has 1 aliphatic heterocycles. The van der Waals surface area contributed by atoms with Crippen molar-refractivity contribution in [2.45, 2.75) is 172 Å². The summed E-state index contributed by atoms with van der Waals surface area (Å²) < 4.78 is 0. The molecule has 76 heavy (non-hydrogen) atoms. The van der Waals surface area contributed by atoms with E-state index in [1.807, 2.05) is 0 Å². The molecule has 29 nitrogen and oxygen atoms in total. The van der Waals surface area contributed by atoms with Gasteiger partial charge in [-0.15, -0.1) is 0 Å². The van der Waals surface area contributed by atoms with E-state index < -0.39 is 152 Å². The number of hydrogen-bond donors (Lipinski definition) is 18. The van der Waals surface area contributed by atoms with E-state index in [4.69, 9.17) is 28.7 Å². The Hall–Kier alpha value is -6.11. The number of hydrogen-bond acceptors (Lipinski definition) is 18. The lowest BCUT2D eigenvalue weighted by Gasteiger charge is -2.28. The minimum atomic E-state index is -1.68. The van der Waals surface area contributed by atoms with Gasteiger partial charge >= 0.3 is 0 Å². The average molecular weight is 1090 g/mol. The molecule has 10 atom stereocenters. The van der Waals surface area contributed by atoms with Crippen molar-refractivity contribution in [3.05, 3.63) is 0 Å². The van der Waals surface area contributed by atoms with Gasteiger partial charge in [-0.05, 0) is 96.9 Å². The molecular formula is C47H88N16O13. The molecule has 1 heterocycles. The zero-order valence-corrected chi connectivity index (χ0v) is 44.5. The van der Waals surface area contributed by atoms with Crippen molar-refractivity contribution < 1.29 is 63.0 Å². The van der Waals surface area contributed by atoms with Crippen molar-refractivity contribution in [1.82, 2.24) is 58.5 Å². The molecule has 1 fully saturated rings. The maximum atomic E-state index is 14.1. The molecule has 1 rings (SSSR count). The minimum absolute atomic E-state index is 0.00769. The van der Waals surface area contributed by atoms with Gasteiger partial charge in [0.1, 0.15) is 54.4 Å². The minimum Gasteiger partial charge on any atom is -0.394 e. The zero-order valence-electron chi connectivity index (χ0n) is 44.5. The van der Waals surface area contributed by atoms with Gasteiger partial charge in [0.2, 0.25) is 65.0 Å². The third kappa shape index (κ3) is 25.6. The van der Waals surface area contributed by atoms with Gasteiger partial charge in [0.05, 0.1) is 19.3 Å². The summed E-state index contributed by atoms with van der Waals surface area (Å²) in [4.78, 5) is 149. The van der Waals surface area contributed by atoms with Crippen molar-refractivity contribution >= 4 is 65.0 Å². The first-order chi connectivity index (χ1) is 36.1. The van der Waals surface area contributed by atoms with Gasteiger partial charge in [0.15, 0.2) is 0 Å². The van der Waals surface area contributed by atoms with Crippen LogP contribution in [0.15, 0.2) is 0 Å². The van der Waals surface area contributed by atoms with Crippen LogP contribution in [0.4, 0.5) is 0 Å². The topological polar surface area (TPSA) is 491 Å². The van der Waals surface area contributed by atoms with Crippen LogP contribution >= 0.6 is 0 Å². The highest BCUT2D eigenvalue weighted by molar-refractivity contribution is 5.98. The number of nitrogens with two attached hydrogens (primary N) is 5. The molecule has 0 unspecified atom stereocenters. The Morgan fingerprint density at radius 1 is 0.579 bits per heavy atom. The van der Waals surface area contributed by atoms with E-state index in [-0.39, 0.29) is 83.6 Å². The summed E-state index contributed by atoms with van der Waals surface area (Å²) in [7, 11) is 0. The van der Waals surface area contributed by atoms with E-state index in [0.29, 0.717) is 6.42 Å². The van der Waals surface area contributed by atoms with E-state index in [9.17, 15) is 63.0 Å². The fraction of sp³-hybridized carbons (Fsp3) is 0.766. The van der Waals surface area contributed by atoms with Crippen molar-refractivity contribution in [2.24, 2.45) is 34.6 Å². The summed E-state index contributed by atoms with van der Waals surface area (Å²) in [5, 5.41) is 48.0. The number of amides is 11. The molecule has 0 saturated carbocycles. The molecule has 1 aliphatic rings. The van der Waals surface area contributed by atoms with Gasteiger partial charge in [-0.1, -0.05) is 46.5 Å². The Kier molecular flexibility index (Phi) is 33.6. The zero-order chi connectivity index (χ0) is 57.3. The van der Waals surface area contributed by atoms with Gasteiger partial charge < -0.3 is 97.4 Å². The maximum Gasteiger partial charge on any atom is 0.245 e. The summed E-state index contributed by atoms with van der Waals surface area (Å²) in [6, 6.07) is -13.0. The average Bonchev–Trinajstić information content (AvgIpc) is 3.36. The molecule has 0 radical (unpaired) electrons. The highest BCUT2D eigenvalue weighted by atomic mass is 16.3. The van der Waals surface area contributed by atoms with Crippen LogP contribution in [0.5, 0.6) is 0 Å². The van der Waals surface area contributed by atoms with E-state index in [2.05, 4.69) is 65.4 Å². The second-order valence-electron chi connectivity index (χ2n) is 19.0. The molecule has 1 saturated heterocycles. The second-order valence-corrected chi connectivity index (χ2v) is 19.0. The molecule has 0 bridgehead atoms. The molecule has 11 amide bonds. The first kappa shape index (κ1) is 67.9. The van der Waals surface area contributed by atoms with Gasteiger partial charge in [-0.3, -0.25) is 52.7 Å². The predicted octanol–water partition coefficient (Wildman–Crippen LogP) is -7.49. The summed E-state index contributed by atoms with van der Waals surface area (Å²) in [5.74, 6) is -9.83. The lowest BCUT2D eigenvalue weighted by atomic mass is 10.0. The molecule has 0 aromatic carbocycles. The summed E-state index contributed by atoms with van der Waals surface area (Å²) >= 11 is 0. The van der Waals surface area contributed by atoms with E-state index in [0.717, 1.165) is 25.7 Å².